The summed E-state index contributed by atoms with van der Waals surface area (Å²) in [6.45, 7) is 5.41. The molecule has 0 bridgehead atoms. The molecule has 0 fully saturated rings. The monoisotopic (exact) mass is 504 g/mol. The SMILES string of the molecule is Cc1cc(S(=O)(=O)O)c(C(C)C)cc1C(=O)OCCOc1ccc(I)cc1. The molecule has 0 saturated carbocycles. The molecule has 8 heteroatoms. The van der Waals surface area contributed by atoms with Gasteiger partial charge in [0.15, 0.2) is 0 Å². The molecular weight excluding hydrogens is 483 g/mol. The second-order valence-corrected chi connectivity index (χ2v) is 8.91. The predicted molar refractivity (Wildman–Crippen MR) is 110 cm³/mol. The van der Waals surface area contributed by atoms with Crippen LogP contribution in [0.3, 0.4) is 0 Å². The van der Waals surface area contributed by atoms with Gasteiger partial charge in [-0.25, -0.2) is 4.79 Å². The summed E-state index contributed by atoms with van der Waals surface area (Å²) >= 11 is 2.20. The number of hydrogen-bond donors (Lipinski definition) is 1. The third-order valence-electron chi connectivity index (χ3n) is 3.88. The van der Waals surface area contributed by atoms with Gasteiger partial charge in [-0.05, 0) is 83.0 Å². The molecule has 27 heavy (non-hydrogen) atoms. The van der Waals surface area contributed by atoms with E-state index in [0.717, 1.165) is 3.57 Å². The molecule has 0 heterocycles. The van der Waals surface area contributed by atoms with Gasteiger partial charge in [-0.1, -0.05) is 13.8 Å². The molecule has 0 aliphatic heterocycles. The van der Waals surface area contributed by atoms with Crippen molar-refractivity contribution >= 4 is 38.7 Å². The van der Waals surface area contributed by atoms with E-state index >= 15 is 0 Å². The van der Waals surface area contributed by atoms with E-state index in [-0.39, 0.29) is 29.6 Å². The van der Waals surface area contributed by atoms with Gasteiger partial charge in [-0.15, -0.1) is 0 Å². The summed E-state index contributed by atoms with van der Waals surface area (Å²) in [5.74, 6) is -0.0805. The highest BCUT2D eigenvalue weighted by atomic mass is 127. The average Bonchev–Trinajstić information content (AvgIpc) is 2.58. The van der Waals surface area contributed by atoms with Crippen LogP contribution in [-0.2, 0) is 14.9 Å². The number of halogens is 1. The van der Waals surface area contributed by atoms with E-state index in [9.17, 15) is 17.8 Å². The summed E-state index contributed by atoms with van der Waals surface area (Å²) in [4.78, 5) is 12.2. The molecule has 0 spiro atoms. The molecule has 0 aromatic heterocycles. The standard InChI is InChI=1S/C19H21IO6S/c1-12(2)16-11-17(13(3)10-18(16)27(22,23)24)19(21)26-9-8-25-15-6-4-14(20)5-7-15/h4-7,10-12H,8-9H2,1-3H3,(H,22,23,24). The van der Waals surface area contributed by atoms with E-state index in [4.69, 9.17) is 9.47 Å². The zero-order chi connectivity index (χ0) is 20.2. The van der Waals surface area contributed by atoms with Crippen molar-refractivity contribution in [3.63, 3.8) is 0 Å². The zero-order valence-electron chi connectivity index (χ0n) is 15.2. The molecule has 0 aliphatic carbocycles. The molecule has 2 rings (SSSR count). The summed E-state index contributed by atoms with van der Waals surface area (Å²) in [5, 5.41) is 0. The highest BCUT2D eigenvalue weighted by Gasteiger charge is 2.22. The van der Waals surface area contributed by atoms with Crippen LogP contribution in [0, 0.1) is 10.5 Å². The van der Waals surface area contributed by atoms with E-state index < -0.39 is 16.1 Å². The minimum atomic E-state index is -4.37. The van der Waals surface area contributed by atoms with E-state index in [2.05, 4.69) is 22.6 Å². The molecule has 0 unspecified atom stereocenters. The van der Waals surface area contributed by atoms with Crippen molar-refractivity contribution in [2.45, 2.75) is 31.6 Å². The summed E-state index contributed by atoms with van der Waals surface area (Å²) in [7, 11) is -4.37. The molecular formula is C19H21IO6S. The largest absolute Gasteiger partial charge is 0.490 e. The minimum absolute atomic E-state index is 0.0569. The number of benzene rings is 2. The molecule has 6 nitrogen and oxygen atoms in total. The van der Waals surface area contributed by atoms with Crippen molar-refractivity contribution < 1.29 is 27.2 Å². The Morgan fingerprint density at radius 1 is 1.15 bits per heavy atom. The van der Waals surface area contributed by atoms with Crippen LogP contribution in [0.4, 0.5) is 0 Å². The fraction of sp³-hybridized carbons (Fsp3) is 0.316. The van der Waals surface area contributed by atoms with Gasteiger partial charge in [0.1, 0.15) is 19.0 Å². The van der Waals surface area contributed by atoms with Crippen molar-refractivity contribution in [3.8, 4) is 5.75 Å². The Hall–Kier alpha value is -1.65. The van der Waals surface area contributed by atoms with Crippen LogP contribution in [0.25, 0.3) is 0 Å². The van der Waals surface area contributed by atoms with Gasteiger partial charge in [-0.3, -0.25) is 4.55 Å². The van der Waals surface area contributed by atoms with Crippen molar-refractivity contribution in [2.24, 2.45) is 0 Å². The maximum Gasteiger partial charge on any atom is 0.338 e. The summed E-state index contributed by atoms with van der Waals surface area (Å²) in [6, 6.07) is 10.2. The van der Waals surface area contributed by atoms with Crippen LogP contribution in [-0.4, -0.2) is 32.2 Å². The minimum Gasteiger partial charge on any atom is -0.490 e. The van der Waals surface area contributed by atoms with E-state index in [1.807, 2.05) is 24.3 Å². The van der Waals surface area contributed by atoms with Crippen LogP contribution < -0.4 is 4.74 Å². The van der Waals surface area contributed by atoms with Crippen LogP contribution in [0.1, 0.15) is 41.3 Å². The third kappa shape index (κ3) is 5.91. The Morgan fingerprint density at radius 3 is 2.33 bits per heavy atom. The fourth-order valence-electron chi connectivity index (χ4n) is 2.50. The van der Waals surface area contributed by atoms with Crippen molar-refractivity contribution in [1.82, 2.24) is 0 Å². The van der Waals surface area contributed by atoms with Crippen molar-refractivity contribution in [3.05, 3.63) is 56.7 Å². The Kier molecular flexibility index (Phi) is 7.24. The smallest absolute Gasteiger partial charge is 0.338 e. The molecule has 0 amide bonds. The second-order valence-electron chi connectivity index (χ2n) is 6.27. The molecule has 0 aliphatic rings. The van der Waals surface area contributed by atoms with Gasteiger partial charge >= 0.3 is 5.97 Å². The van der Waals surface area contributed by atoms with E-state index in [1.165, 1.54) is 12.1 Å². The van der Waals surface area contributed by atoms with Gasteiger partial charge in [0, 0.05) is 3.57 Å². The van der Waals surface area contributed by atoms with Crippen molar-refractivity contribution in [1.29, 1.82) is 0 Å². The average molecular weight is 504 g/mol. The molecule has 0 atom stereocenters. The summed E-state index contributed by atoms with van der Waals surface area (Å²) < 4.78 is 44.4. The van der Waals surface area contributed by atoms with Gasteiger partial charge in [0.25, 0.3) is 10.1 Å². The first-order valence-corrected chi connectivity index (χ1v) is 10.8. The Morgan fingerprint density at radius 2 is 1.78 bits per heavy atom. The lowest BCUT2D eigenvalue weighted by molar-refractivity contribution is 0.0449. The lowest BCUT2D eigenvalue weighted by atomic mass is 9.97. The molecule has 0 saturated heterocycles. The molecule has 2 aromatic carbocycles. The Balaban J connectivity index is 2.07. The molecule has 0 radical (unpaired) electrons. The Bertz CT molecular complexity index is 920. The number of rotatable bonds is 7. The summed E-state index contributed by atoms with van der Waals surface area (Å²) in [5.41, 5.74) is 1.04. The highest BCUT2D eigenvalue weighted by Crippen LogP contribution is 2.27. The normalized spacial score (nSPS) is 11.5. The maximum absolute atomic E-state index is 12.4. The third-order valence-corrected chi connectivity index (χ3v) is 5.50. The lowest BCUT2D eigenvalue weighted by Crippen LogP contribution is -2.15. The number of ether oxygens (including phenoxy) is 2. The topological polar surface area (TPSA) is 89.9 Å². The summed E-state index contributed by atoms with van der Waals surface area (Å²) in [6.07, 6.45) is 0. The maximum atomic E-state index is 12.4. The quantitative estimate of drug-likeness (QED) is 0.263. The first kappa shape index (κ1) is 21.6. The number of hydrogen-bond acceptors (Lipinski definition) is 5. The van der Waals surface area contributed by atoms with Crippen LogP contribution >= 0.6 is 22.6 Å². The molecule has 146 valence electrons. The van der Waals surface area contributed by atoms with Crippen molar-refractivity contribution in [2.75, 3.05) is 13.2 Å². The molecule has 2 aromatic rings. The first-order valence-electron chi connectivity index (χ1n) is 8.27. The van der Waals surface area contributed by atoms with Crippen LogP contribution in [0.5, 0.6) is 5.75 Å². The molecule has 1 N–H and O–H groups in total. The lowest BCUT2D eigenvalue weighted by Gasteiger charge is -2.15. The number of carbonyl (C=O) groups excluding carboxylic acids is 1. The van der Waals surface area contributed by atoms with Gasteiger partial charge in [0.05, 0.1) is 10.5 Å². The van der Waals surface area contributed by atoms with Gasteiger partial charge in [-0.2, -0.15) is 8.42 Å². The van der Waals surface area contributed by atoms with Crippen LogP contribution in [0.15, 0.2) is 41.3 Å². The fourth-order valence-corrected chi connectivity index (χ4v) is 3.77. The van der Waals surface area contributed by atoms with E-state index in [0.29, 0.717) is 16.9 Å². The predicted octanol–water partition coefficient (Wildman–Crippen LogP) is 4.21. The van der Waals surface area contributed by atoms with Gasteiger partial charge < -0.3 is 9.47 Å². The first-order chi connectivity index (χ1) is 12.6. The zero-order valence-corrected chi connectivity index (χ0v) is 18.2. The number of esters is 1. The second kappa shape index (κ2) is 9.03. The van der Waals surface area contributed by atoms with Crippen LogP contribution in [0.2, 0.25) is 0 Å². The highest BCUT2D eigenvalue weighted by molar-refractivity contribution is 14.1. The van der Waals surface area contributed by atoms with E-state index in [1.54, 1.807) is 20.8 Å². The number of carbonyl (C=O) groups is 1. The Labute approximate surface area is 172 Å². The number of aryl methyl sites for hydroxylation is 1. The van der Waals surface area contributed by atoms with Gasteiger partial charge in [0.2, 0.25) is 0 Å².